The molecule has 0 bridgehead atoms. The fourth-order valence-corrected chi connectivity index (χ4v) is 3.92. The van der Waals surface area contributed by atoms with Gasteiger partial charge in [0.15, 0.2) is 5.76 Å². The third kappa shape index (κ3) is 2.72. The molecule has 26 heavy (non-hydrogen) atoms. The molecule has 0 radical (unpaired) electrons. The Balaban J connectivity index is 1.80. The second kappa shape index (κ2) is 6.81. The number of furan rings is 1. The van der Waals surface area contributed by atoms with Crippen LogP contribution in [-0.2, 0) is 5.60 Å². The highest BCUT2D eigenvalue weighted by molar-refractivity contribution is 5.92. The van der Waals surface area contributed by atoms with Gasteiger partial charge in [-0.3, -0.25) is 4.79 Å². The predicted molar refractivity (Wildman–Crippen MR) is 98.6 cm³/mol. The van der Waals surface area contributed by atoms with E-state index in [1.54, 1.807) is 17.0 Å². The van der Waals surface area contributed by atoms with Gasteiger partial charge in [0.25, 0.3) is 5.91 Å². The molecule has 2 heterocycles. The van der Waals surface area contributed by atoms with Gasteiger partial charge in [-0.25, -0.2) is 0 Å². The molecule has 132 valence electrons. The third-order valence-electron chi connectivity index (χ3n) is 5.16. The number of benzene rings is 2. The first-order chi connectivity index (χ1) is 12.7. The zero-order chi connectivity index (χ0) is 18.0. The molecular formula is C22H21NO3. The van der Waals surface area contributed by atoms with Crippen molar-refractivity contribution in [3.63, 3.8) is 0 Å². The molecule has 0 saturated carbocycles. The molecule has 1 N–H and O–H groups in total. The molecule has 4 nitrogen and oxygen atoms in total. The average molecular weight is 347 g/mol. The standard InChI is InChI=1S/C22H21NO3/c24-21(19-13-8-16-26-19)23-15-7-14-20(23)22(25,17-9-3-1-4-10-17)18-11-5-2-6-12-18/h1-6,8-13,16,20,25H,7,14-15H2/t20-/m0/s1. The highest BCUT2D eigenvalue weighted by atomic mass is 16.3. The summed E-state index contributed by atoms with van der Waals surface area (Å²) < 4.78 is 5.31. The van der Waals surface area contributed by atoms with Crippen LogP contribution >= 0.6 is 0 Å². The highest BCUT2D eigenvalue weighted by Gasteiger charge is 2.47. The second-order valence-electron chi connectivity index (χ2n) is 6.63. The summed E-state index contributed by atoms with van der Waals surface area (Å²) in [6, 6.07) is 22.2. The number of carbonyl (C=O) groups excluding carboxylic acids is 1. The van der Waals surface area contributed by atoms with Crippen LogP contribution in [0.4, 0.5) is 0 Å². The molecule has 1 fully saturated rings. The molecule has 1 amide bonds. The third-order valence-corrected chi connectivity index (χ3v) is 5.16. The smallest absolute Gasteiger partial charge is 0.289 e. The van der Waals surface area contributed by atoms with E-state index in [4.69, 9.17) is 4.42 Å². The number of hydrogen-bond donors (Lipinski definition) is 1. The summed E-state index contributed by atoms with van der Waals surface area (Å²) in [6.45, 7) is 0.603. The number of likely N-dealkylation sites (tertiary alicyclic amines) is 1. The molecular weight excluding hydrogens is 326 g/mol. The van der Waals surface area contributed by atoms with Crippen molar-refractivity contribution in [1.82, 2.24) is 4.90 Å². The van der Waals surface area contributed by atoms with Crippen LogP contribution in [0.25, 0.3) is 0 Å². The summed E-state index contributed by atoms with van der Waals surface area (Å²) in [5.74, 6) is 0.128. The van der Waals surface area contributed by atoms with Crippen LogP contribution in [0.15, 0.2) is 83.5 Å². The lowest BCUT2D eigenvalue weighted by Crippen LogP contribution is -2.50. The minimum atomic E-state index is -1.28. The maximum atomic E-state index is 12.9. The molecule has 2 aromatic carbocycles. The number of rotatable bonds is 4. The molecule has 1 aliphatic rings. The quantitative estimate of drug-likeness (QED) is 0.780. The van der Waals surface area contributed by atoms with Crippen LogP contribution in [0.3, 0.4) is 0 Å². The van der Waals surface area contributed by atoms with Crippen molar-refractivity contribution in [2.45, 2.75) is 24.5 Å². The molecule has 1 atom stereocenters. The zero-order valence-electron chi connectivity index (χ0n) is 14.4. The Morgan fingerprint density at radius 2 is 1.58 bits per heavy atom. The largest absolute Gasteiger partial charge is 0.459 e. The Labute approximate surface area is 152 Å². The lowest BCUT2D eigenvalue weighted by atomic mass is 9.79. The Kier molecular flexibility index (Phi) is 4.35. The molecule has 0 aliphatic carbocycles. The molecule has 4 rings (SSSR count). The highest BCUT2D eigenvalue weighted by Crippen LogP contribution is 2.40. The minimum Gasteiger partial charge on any atom is -0.459 e. The summed E-state index contributed by atoms with van der Waals surface area (Å²) in [6.07, 6.45) is 3.07. The van der Waals surface area contributed by atoms with Crippen molar-refractivity contribution in [2.24, 2.45) is 0 Å². The lowest BCUT2D eigenvalue weighted by Gasteiger charge is -2.39. The fourth-order valence-electron chi connectivity index (χ4n) is 3.92. The number of aliphatic hydroxyl groups is 1. The van der Waals surface area contributed by atoms with Crippen LogP contribution in [-0.4, -0.2) is 28.5 Å². The number of hydrogen-bond acceptors (Lipinski definition) is 3. The Morgan fingerprint density at radius 3 is 2.12 bits per heavy atom. The van der Waals surface area contributed by atoms with E-state index in [0.29, 0.717) is 12.3 Å². The summed E-state index contributed by atoms with van der Waals surface area (Å²) >= 11 is 0. The van der Waals surface area contributed by atoms with Gasteiger partial charge in [0.2, 0.25) is 0 Å². The molecule has 0 spiro atoms. The topological polar surface area (TPSA) is 53.7 Å². The molecule has 3 aromatic rings. The first kappa shape index (κ1) is 16.6. The van der Waals surface area contributed by atoms with E-state index < -0.39 is 5.60 Å². The van der Waals surface area contributed by atoms with Crippen molar-refractivity contribution in [3.05, 3.63) is 95.9 Å². The van der Waals surface area contributed by atoms with Gasteiger partial charge < -0.3 is 14.4 Å². The SMILES string of the molecule is O=C(c1ccco1)N1CCC[C@H]1C(O)(c1ccccc1)c1ccccc1. The summed E-state index contributed by atoms with van der Waals surface area (Å²) in [7, 11) is 0. The first-order valence-electron chi connectivity index (χ1n) is 8.89. The van der Waals surface area contributed by atoms with Crippen molar-refractivity contribution in [3.8, 4) is 0 Å². The Morgan fingerprint density at radius 1 is 0.962 bits per heavy atom. The van der Waals surface area contributed by atoms with Gasteiger partial charge in [0.05, 0.1) is 12.3 Å². The van der Waals surface area contributed by atoms with Gasteiger partial charge in [0, 0.05) is 6.54 Å². The molecule has 0 unspecified atom stereocenters. The molecule has 1 saturated heterocycles. The zero-order valence-corrected chi connectivity index (χ0v) is 14.4. The molecule has 1 aliphatic heterocycles. The molecule has 1 aromatic heterocycles. The second-order valence-corrected chi connectivity index (χ2v) is 6.63. The van der Waals surface area contributed by atoms with Gasteiger partial charge in [-0.05, 0) is 36.1 Å². The van der Waals surface area contributed by atoms with E-state index in [1.165, 1.54) is 6.26 Å². The number of carbonyl (C=O) groups is 1. The average Bonchev–Trinajstić information content (AvgIpc) is 3.40. The maximum absolute atomic E-state index is 12.9. The normalized spacial score (nSPS) is 17.4. The Bertz CT molecular complexity index is 819. The van der Waals surface area contributed by atoms with E-state index >= 15 is 0 Å². The monoisotopic (exact) mass is 347 g/mol. The van der Waals surface area contributed by atoms with E-state index in [-0.39, 0.29) is 11.9 Å². The van der Waals surface area contributed by atoms with E-state index in [1.807, 2.05) is 60.7 Å². The summed E-state index contributed by atoms with van der Waals surface area (Å²) in [5.41, 5.74) is 0.298. The fraction of sp³-hybridized carbons (Fsp3) is 0.227. The lowest BCUT2D eigenvalue weighted by molar-refractivity contribution is -0.00182. The van der Waals surface area contributed by atoms with Crippen molar-refractivity contribution >= 4 is 5.91 Å². The number of nitrogens with zero attached hydrogens (tertiary/aromatic N) is 1. The first-order valence-corrected chi connectivity index (χ1v) is 8.89. The predicted octanol–water partition coefficient (Wildman–Crippen LogP) is 3.82. The van der Waals surface area contributed by atoms with Gasteiger partial charge in [-0.15, -0.1) is 0 Å². The van der Waals surface area contributed by atoms with Gasteiger partial charge in [-0.1, -0.05) is 60.7 Å². The van der Waals surface area contributed by atoms with Crippen LogP contribution < -0.4 is 0 Å². The van der Waals surface area contributed by atoms with Gasteiger partial charge in [0.1, 0.15) is 5.60 Å². The van der Waals surface area contributed by atoms with Crippen LogP contribution in [0.5, 0.6) is 0 Å². The van der Waals surface area contributed by atoms with Crippen LogP contribution in [0.2, 0.25) is 0 Å². The van der Waals surface area contributed by atoms with Crippen molar-refractivity contribution in [2.75, 3.05) is 6.54 Å². The van der Waals surface area contributed by atoms with Gasteiger partial charge >= 0.3 is 0 Å². The van der Waals surface area contributed by atoms with E-state index in [9.17, 15) is 9.90 Å². The van der Waals surface area contributed by atoms with Gasteiger partial charge in [-0.2, -0.15) is 0 Å². The van der Waals surface area contributed by atoms with E-state index in [2.05, 4.69) is 0 Å². The van der Waals surface area contributed by atoms with E-state index in [0.717, 1.165) is 24.0 Å². The van der Waals surface area contributed by atoms with Crippen molar-refractivity contribution in [1.29, 1.82) is 0 Å². The Hall–Kier alpha value is -2.85. The maximum Gasteiger partial charge on any atom is 0.289 e. The minimum absolute atomic E-state index is 0.178. The van der Waals surface area contributed by atoms with Crippen LogP contribution in [0, 0.1) is 0 Å². The summed E-state index contributed by atoms with van der Waals surface area (Å²) in [4.78, 5) is 14.7. The molecule has 4 heteroatoms. The number of amides is 1. The summed E-state index contributed by atoms with van der Waals surface area (Å²) in [5, 5.41) is 11.9. The van der Waals surface area contributed by atoms with Crippen molar-refractivity contribution < 1.29 is 14.3 Å². The van der Waals surface area contributed by atoms with Crippen LogP contribution in [0.1, 0.15) is 34.5 Å².